The van der Waals surface area contributed by atoms with Crippen molar-refractivity contribution in [2.24, 2.45) is 0 Å². The minimum atomic E-state index is -2.63. The Morgan fingerprint density at radius 3 is 1.22 bits per heavy atom. The van der Waals surface area contributed by atoms with E-state index >= 15 is 0 Å². The summed E-state index contributed by atoms with van der Waals surface area (Å²) in [7, 11) is -6.28. The average molecular weight is 413 g/mol. The Labute approximate surface area is 167 Å². The highest BCUT2D eigenvalue weighted by atomic mass is 28.5. The van der Waals surface area contributed by atoms with E-state index in [1.165, 1.54) is 11.1 Å². The van der Waals surface area contributed by atoms with Crippen molar-refractivity contribution in [1.29, 1.82) is 0 Å². The molecule has 0 aliphatic carbocycles. The molecule has 1 aliphatic rings. The Bertz CT molecular complexity index is 709. The number of benzene rings is 2. The van der Waals surface area contributed by atoms with Gasteiger partial charge in [-0.05, 0) is 50.4 Å². The number of allylic oxidation sites excluding steroid dienone is 2. The first-order chi connectivity index (χ1) is 12.6. The predicted octanol–water partition coefficient (Wildman–Crippen LogP) is 6.35. The molecule has 0 bridgehead atoms. The molecule has 3 rings (SSSR count). The van der Waals surface area contributed by atoms with Crippen LogP contribution in [0, 0.1) is 0 Å². The summed E-state index contributed by atoms with van der Waals surface area (Å²) in [5, 5.41) is 0. The topological polar surface area (TPSA) is 18.5 Å². The molecule has 0 unspecified atom stereocenters. The molecule has 0 aromatic heterocycles. The van der Waals surface area contributed by atoms with Crippen molar-refractivity contribution in [2.75, 3.05) is 0 Å². The van der Waals surface area contributed by atoms with Gasteiger partial charge in [-0.1, -0.05) is 72.8 Å². The summed E-state index contributed by atoms with van der Waals surface area (Å²) in [5.74, 6) is 0. The van der Waals surface area contributed by atoms with Gasteiger partial charge in [0.2, 0.25) is 0 Å². The summed E-state index contributed by atoms with van der Waals surface area (Å²) in [6, 6.07) is 21.6. The summed E-state index contributed by atoms with van der Waals surface area (Å²) < 4.78 is 14.2. The van der Waals surface area contributed by atoms with Crippen LogP contribution in [0.15, 0.2) is 72.8 Å². The fourth-order valence-electron chi connectivity index (χ4n) is 3.92. The summed E-state index contributed by atoms with van der Waals surface area (Å²) in [6.45, 7) is 13.7. The van der Waals surface area contributed by atoms with Gasteiger partial charge in [-0.15, -0.1) is 0 Å². The highest BCUT2D eigenvalue weighted by molar-refractivity contribution is 6.90. The molecule has 0 saturated carbocycles. The van der Waals surface area contributed by atoms with Crippen LogP contribution in [-0.4, -0.2) is 25.2 Å². The molecular weight excluding hydrogens is 380 g/mol. The van der Waals surface area contributed by atoms with Crippen molar-refractivity contribution >= 4 is 25.2 Å². The molecule has 144 valence electrons. The highest BCUT2D eigenvalue weighted by Gasteiger charge is 2.58. The highest BCUT2D eigenvalue weighted by Crippen LogP contribution is 2.48. The van der Waals surface area contributed by atoms with Crippen LogP contribution in [-0.2, 0) is 8.23 Å². The summed E-state index contributed by atoms with van der Waals surface area (Å²) in [6.07, 6.45) is 4.72. The summed E-state index contributed by atoms with van der Waals surface area (Å²) in [5.41, 5.74) is 3.08. The molecule has 1 heterocycles. The first kappa shape index (κ1) is 20.5. The lowest BCUT2D eigenvalue weighted by atomic mass is 10.1. The second-order valence-corrected chi connectivity index (χ2v) is 22.1. The van der Waals surface area contributed by atoms with Crippen LogP contribution in [0.2, 0.25) is 39.3 Å². The lowest BCUT2D eigenvalue weighted by molar-refractivity contribution is 0.360. The second kappa shape index (κ2) is 7.64. The zero-order valence-corrected chi connectivity index (χ0v) is 20.4. The fraction of sp³-hybridized carbons (Fsp3) is 0.364. The maximum absolute atomic E-state index is 7.12. The molecule has 5 heteroatoms. The number of hydrogen-bond acceptors (Lipinski definition) is 2. The first-order valence-electron chi connectivity index (χ1n) is 9.79. The lowest BCUT2D eigenvalue weighted by Crippen LogP contribution is -2.60. The third kappa shape index (κ3) is 4.78. The monoisotopic (exact) mass is 412 g/mol. The predicted molar refractivity (Wildman–Crippen MR) is 122 cm³/mol. The van der Waals surface area contributed by atoms with Crippen molar-refractivity contribution in [3.63, 3.8) is 0 Å². The van der Waals surface area contributed by atoms with Crippen molar-refractivity contribution in [1.82, 2.24) is 0 Å². The van der Waals surface area contributed by atoms with Crippen LogP contribution in [0.3, 0.4) is 0 Å². The van der Waals surface area contributed by atoms with Crippen LogP contribution in [0.5, 0.6) is 0 Å². The molecule has 27 heavy (non-hydrogen) atoms. The first-order valence-corrected chi connectivity index (χ1v) is 18.6. The molecular formula is C22H32O2Si3. The quantitative estimate of drug-likeness (QED) is 0.406. The minimum Gasteiger partial charge on any atom is -0.435 e. The standard InChI is InChI=1S/C22H32O2Si3/c1-25(2,3)23-27(24-26(4,5)6)21(19-13-9-7-10-14-19)17-18-22(27)20-15-11-8-12-16-20/h7-18,21-22H,1-6H3/t21-,22-/m1/s1. The van der Waals surface area contributed by atoms with Gasteiger partial charge in [0, 0.05) is 11.1 Å². The van der Waals surface area contributed by atoms with Crippen molar-refractivity contribution in [2.45, 2.75) is 50.4 Å². The molecule has 2 atom stereocenters. The maximum atomic E-state index is 7.12. The molecule has 2 nitrogen and oxygen atoms in total. The Kier molecular flexibility index (Phi) is 5.80. The van der Waals surface area contributed by atoms with Gasteiger partial charge < -0.3 is 8.23 Å². The molecule has 1 aliphatic heterocycles. The van der Waals surface area contributed by atoms with Crippen molar-refractivity contribution < 1.29 is 8.23 Å². The maximum Gasteiger partial charge on any atom is 0.340 e. The zero-order chi connectivity index (χ0) is 19.7. The molecule has 0 spiro atoms. The van der Waals surface area contributed by atoms with E-state index < -0.39 is 25.2 Å². The molecule has 2 aromatic carbocycles. The van der Waals surface area contributed by atoms with Crippen LogP contribution in [0.25, 0.3) is 0 Å². The SMILES string of the molecule is C[Si](C)(C)O[Si]1(O[Si](C)(C)C)[C@@H](c2ccccc2)C=C[C@@H]1c1ccccc1. The van der Waals surface area contributed by atoms with E-state index in [0.29, 0.717) is 0 Å². The van der Waals surface area contributed by atoms with E-state index in [1.807, 2.05) is 0 Å². The Morgan fingerprint density at radius 1 is 0.593 bits per heavy atom. The summed E-state index contributed by atoms with van der Waals surface area (Å²) in [4.78, 5) is 0. The van der Waals surface area contributed by atoms with Gasteiger partial charge in [0.25, 0.3) is 0 Å². The fourth-order valence-corrected chi connectivity index (χ4v) is 16.6. The molecule has 0 saturated heterocycles. The number of hydrogen-bond donors (Lipinski definition) is 0. The van der Waals surface area contributed by atoms with Gasteiger partial charge in [-0.3, -0.25) is 0 Å². The molecule has 2 aromatic rings. The van der Waals surface area contributed by atoms with Crippen LogP contribution in [0.4, 0.5) is 0 Å². The van der Waals surface area contributed by atoms with E-state index in [0.717, 1.165) is 0 Å². The van der Waals surface area contributed by atoms with Crippen LogP contribution in [0.1, 0.15) is 22.2 Å². The van der Waals surface area contributed by atoms with E-state index in [-0.39, 0.29) is 11.1 Å². The molecule has 0 N–H and O–H groups in total. The average Bonchev–Trinajstić information content (AvgIpc) is 2.91. The second-order valence-electron chi connectivity index (χ2n) is 9.31. The van der Waals surface area contributed by atoms with Crippen molar-refractivity contribution in [3.8, 4) is 0 Å². The normalized spacial score (nSPS) is 22.1. The van der Waals surface area contributed by atoms with E-state index in [9.17, 15) is 0 Å². The Balaban J connectivity index is 2.17. The largest absolute Gasteiger partial charge is 0.435 e. The van der Waals surface area contributed by atoms with Crippen LogP contribution < -0.4 is 0 Å². The molecule has 0 radical (unpaired) electrons. The van der Waals surface area contributed by atoms with Gasteiger partial charge in [0.15, 0.2) is 16.6 Å². The lowest BCUT2D eigenvalue weighted by Gasteiger charge is -2.45. The third-order valence-corrected chi connectivity index (χ3v) is 14.8. The van der Waals surface area contributed by atoms with Crippen LogP contribution >= 0.6 is 0 Å². The van der Waals surface area contributed by atoms with E-state index in [2.05, 4.69) is 112 Å². The zero-order valence-electron chi connectivity index (χ0n) is 17.4. The molecule has 0 amide bonds. The smallest absolute Gasteiger partial charge is 0.340 e. The van der Waals surface area contributed by atoms with E-state index in [1.54, 1.807) is 0 Å². The van der Waals surface area contributed by atoms with Gasteiger partial charge >= 0.3 is 8.56 Å². The number of rotatable bonds is 6. The molecule has 0 fully saturated rings. The summed E-state index contributed by atoms with van der Waals surface area (Å²) >= 11 is 0. The van der Waals surface area contributed by atoms with E-state index in [4.69, 9.17) is 8.23 Å². The van der Waals surface area contributed by atoms with Gasteiger partial charge in [-0.2, -0.15) is 0 Å². The minimum absolute atomic E-state index is 0.224. The Hall–Kier alpha value is -1.25. The Morgan fingerprint density at radius 2 is 0.926 bits per heavy atom. The third-order valence-electron chi connectivity index (χ3n) is 4.61. The van der Waals surface area contributed by atoms with Crippen molar-refractivity contribution in [3.05, 3.63) is 83.9 Å². The van der Waals surface area contributed by atoms with Gasteiger partial charge in [0.05, 0.1) is 0 Å². The van der Waals surface area contributed by atoms with Gasteiger partial charge in [0.1, 0.15) is 0 Å². The van der Waals surface area contributed by atoms with Gasteiger partial charge in [-0.25, -0.2) is 0 Å².